The number of rotatable bonds is 5. The van der Waals surface area contributed by atoms with Crippen LogP contribution in [-0.4, -0.2) is 44.2 Å². The van der Waals surface area contributed by atoms with Gasteiger partial charge in [-0.2, -0.15) is 0 Å². The summed E-state index contributed by atoms with van der Waals surface area (Å²) in [6.07, 6.45) is 2.63. The molecule has 1 aliphatic rings. The van der Waals surface area contributed by atoms with Crippen LogP contribution in [0.5, 0.6) is 0 Å². The monoisotopic (exact) mass is 248 g/mol. The third-order valence-corrected chi connectivity index (χ3v) is 3.24. The van der Waals surface area contributed by atoms with E-state index in [0.29, 0.717) is 5.56 Å². The van der Waals surface area contributed by atoms with Gasteiger partial charge in [0.05, 0.1) is 12.7 Å². The Morgan fingerprint density at radius 1 is 1.39 bits per heavy atom. The van der Waals surface area contributed by atoms with Crippen LogP contribution in [0.25, 0.3) is 0 Å². The van der Waals surface area contributed by atoms with Crippen molar-refractivity contribution in [3.8, 4) is 0 Å². The normalized spacial score (nSPS) is 15.6. The van der Waals surface area contributed by atoms with Gasteiger partial charge in [-0.1, -0.05) is 6.07 Å². The zero-order valence-electron chi connectivity index (χ0n) is 10.8. The minimum absolute atomic E-state index is 0.293. The molecule has 1 fully saturated rings. The van der Waals surface area contributed by atoms with Gasteiger partial charge >= 0.3 is 5.97 Å². The van der Waals surface area contributed by atoms with Crippen molar-refractivity contribution < 1.29 is 9.53 Å². The number of methoxy groups -OCH3 is 1. The quantitative estimate of drug-likeness (QED) is 0.809. The second-order valence-electron chi connectivity index (χ2n) is 4.55. The van der Waals surface area contributed by atoms with Gasteiger partial charge in [-0.05, 0) is 44.1 Å². The largest absolute Gasteiger partial charge is 0.465 e. The molecule has 0 unspecified atom stereocenters. The van der Waals surface area contributed by atoms with Crippen LogP contribution in [0.15, 0.2) is 24.3 Å². The molecule has 4 nitrogen and oxygen atoms in total. The molecule has 2 rings (SSSR count). The summed E-state index contributed by atoms with van der Waals surface area (Å²) in [5, 5.41) is 3.34. The van der Waals surface area contributed by atoms with Crippen LogP contribution in [0.4, 0.5) is 5.69 Å². The van der Waals surface area contributed by atoms with Crippen LogP contribution in [0.3, 0.4) is 0 Å². The minimum Gasteiger partial charge on any atom is -0.465 e. The molecular formula is C14H20N2O2. The number of nitrogens with one attached hydrogen (secondary N) is 1. The third-order valence-electron chi connectivity index (χ3n) is 3.24. The Balaban J connectivity index is 1.83. The Hall–Kier alpha value is -1.55. The standard InChI is InChI=1S/C14H20N2O2/c1-18-14(17)12-5-4-6-13(11-12)15-7-10-16-8-2-3-9-16/h4-6,11,15H,2-3,7-10H2,1H3. The van der Waals surface area contributed by atoms with Gasteiger partial charge in [-0.3, -0.25) is 0 Å². The molecule has 0 amide bonds. The van der Waals surface area contributed by atoms with E-state index < -0.39 is 0 Å². The Morgan fingerprint density at radius 3 is 2.89 bits per heavy atom. The molecule has 18 heavy (non-hydrogen) atoms. The summed E-state index contributed by atoms with van der Waals surface area (Å²) in [5.74, 6) is -0.293. The first kappa shape index (κ1) is 12.9. The maximum atomic E-state index is 11.4. The lowest BCUT2D eigenvalue weighted by atomic mass is 10.2. The molecule has 1 heterocycles. The van der Waals surface area contributed by atoms with Gasteiger partial charge < -0.3 is 15.0 Å². The molecule has 0 aromatic heterocycles. The molecule has 1 aromatic rings. The van der Waals surface area contributed by atoms with Gasteiger partial charge in [-0.15, -0.1) is 0 Å². The lowest BCUT2D eigenvalue weighted by molar-refractivity contribution is 0.0601. The van der Waals surface area contributed by atoms with Crippen LogP contribution in [0, 0.1) is 0 Å². The molecule has 98 valence electrons. The highest BCUT2D eigenvalue weighted by molar-refractivity contribution is 5.90. The number of nitrogens with zero attached hydrogens (tertiary/aromatic N) is 1. The fourth-order valence-electron chi connectivity index (χ4n) is 2.24. The first-order chi connectivity index (χ1) is 8.79. The highest BCUT2D eigenvalue weighted by atomic mass is 16.5. The molecule has 0 atom stereocenters. The zero-order chi connectivity index (χ0) is 12.8. The van der Waals surface area contributed by atoms with Gasteiger partial charge in [0.25, 0.3) is 0 Å². The number of carbonyl (C=O) groups excluding carboxylic acids is 1. The topological polar surface area (TPSA) is 41.6 Å². The number of benzene rings is 1. The fraction of sp³-hybridized carbons (Fsp3) is 0.500. The lowest BCUT2D eigenvalue weighted by Gasteiger charge is -2.15. The van der Waals surface area contributed by atoms with E-state index in [1.54, 1.807) is 6.07 Å². The number of carbonyl (C=O) groups is 1. The molecule has 1 aliphatic heterocycles. The third kappa shape index (κ3) is 3.47. The maximum Gasteiger partial charge on any atom is 0.337 e. The highest BCUT2D eigenvalue weighted by Gasteiger charge is 2.10. The van der Waals surface area contributed by atoms with E-state index in [1.165, 1.54) is 33.0 Å². The van der Waals surface area contributed by atoms with Crippen molar-refractivity contribution >= 4 is 11.7 Å². The van der Waals surface area contributed by atoms with E-state index in [-0.39, 0.29) is 5.97 Å². The lowest BCUT2D eigenvalue weighted by Crippen LogP contribution is -2.25. The predicted octanol–water partition coefficient (Wildman–Crippen LogP) is 1.98. The van der Waals surface area contributed by atoms with Crippen molar-refractivity contribution in [1.82, 2.24) is 4.90 Å². The number of hydrogen-bond acceptors (Lipinski definition) is 4. The Kier molecular flexibility index (Phi) is 4.59. The number of hydrogen-bond donors (Lipinski definition) is 1. The van der Waals surface area contributed by atoms with Crippen molar-refractivity contribution in [2.24, 2.45) is 0 Å². The van der Waals surface area contributed by atoms with Crippen LogP contribution >= 0.6 is 0 Å². The highest BCUT2D eigenvalue weighted by Crippen LogP contribution is 2.12. The van der Waals surface area contributed by atoms with Crippen molar-refractivity contribution in [2.75, 3.05) is 38.6 Å². The maximum absolute atomic E-state index is 11.4. The van der Waals surface area contributed by atoms with Crippen molar-refractivity contribution in [1.29, 1.82) is 0 Å². The molecule has 1 N–H and O–H groups in total. The van der Waals surface area contributed by atoms with E-state index >= 15 is 0 Å². The van der Waals surface area contributed by atoms with E-state index in [1.807, 2.05) is 18.2 Å². The van der Waals surface area contributed by atoms with Crippen LogP contribution in [-0.2, 0) is 4.74 Å². The summed E-state index contributed by atoms with van der Waals surface area (Å²) in [6, 6.07) is 7.42. The van der Waals surface area contributed by atoms with Crippen molar-refractivity contribution in [3.05, 3.63) is 29.8 Å². The molecule has 4 heteroatoms. The summed E-state index contributed by atoms with van der Waals surface area (Å²) >= 11 is 0. The van der Waals surface area contributed by atoms with Gasteiger partial charge in [0.1, 0.15) is 0 Å². The average Bonchev–Trinajstić information content (AvgIpc) is 2.91. The molecule has 0 aliphatic carbocycles. The predicted molar refractivity (Wildman–Crippen MR) is 71.9 cm³/mol. The summed E-state index contributed by atoms with van der Waals surface area (Å²) in [4.78, 5) is 13.8. The summed E-state index contributed by atoms with van der Waals surface area (Å²) in [6.45, 7) is 4.39. The first-order valence-electron chi connectivity index (χ1n) is 6.44. The molecule has 0 saturated carbocycles. The summed E-state index contributed by atoms with van der Waals surface area (Å²) < 4.78 is 4.70. The van der Waals surface area contributed by atoms with Crippen molar-refractivity contribution in [2.45, 2.75) is 12.8 Å². The van der Waals surface area contributed by atoms with Crippen LogP contribution in [0.2, 0.25) is 0 Å². The molecular weight excluding hydrogens is 228 g/mol. The molecule has 1 aromatic carbocycles. The van der Waals surface area contributed by atoms with E-state index in [2.05, 4.69) is 10.2 Å². The van der Waals surface area contributed by atoms with Gasteiger partial charge in [0, 0.05) is 18.8 Å². The second kappa shape index (κ2) is 6.40. The number of anilines is 1. The second-order valence-corrected chi connectivity index (χ2v) is 4.55. The number of likely N-dealkylation sites (tertiary alicyclic amines) is 1. The first-order valence-corrected chi connectivity index (χ1v) is 6.44. The molecule has 0 spiro atoms. The average molecular weight is 248 g/mol. The molecule has 0 bridgehead atoms. The van der Waals surface area contributed by atoms with Gasteiger partial charge in [0.15, 0.2) is 0 Å². The van der Waals surface area contributed by atoms with Gasteiger partial charge in [0.2, 0.25) is 0 Å². The van der Waals surface area contributed by atoms with E-state index in [9.17, 15) is 4.79 Å². The smallest absolute Gasteiger partial charge is 0.337 e. The number of ether oxygens (including phenoxy) is 1. The molecule has 0 radical (unpaired) electrons. The van der Waals surface area contributed by atoms with E-state index in [0.717, 1.165) is 18.8 Å². The Labute approximate surface area is 108 Å². The SMILES string of the molecule is COC(=O)c1cccc(NCCN2CCCC2)c1. The van der Waals surface area contributed by atoms with Crippen LogP contribution in [0.1, 0.15) is 23.2 Å². The zero-order valence-corrected chi connectivity index (χ0v) is 10.8. The van der Waals surface area contributed by atoms with Gasteiger partial charge in [-0.25, -0.2) is 4.79 Å². The Morgan fingerprint density at radius 2 is 2.17 bits per heavy atom. The number of esters is 1. The fourth-order valence-corrected chi connectivity index (χ4v) is 2.24. The molecule has 1 saturated heterocycles. The van der Waals surface area contributed by atoms with Crippen molar-refractivity contribution in [3.63, 3.8) is 0 Å². The van der Waals surface area contributed by atoms with E-state index in [4.69, 9.17) is 4.74 Å². The van der Waals surface area contributed by atoms with Crippen LogP contribution < -0.4 is 5.32 Å². The minimum atomic E-state index is -0.293. The summed E-state index contributed by atoms with van der Waals surface area (Å²) in [5.41, 5.74) is 1.56. The summed E-state index contributed by atoms with van der Waals surface area (Å²) in [7, 11) is 1.40. The Bertz CT molecular complexity index is 401.